The van der Waals surface area contributed by atoms with E-state index in [4.69, 9.17) is 0 Å². The molecule has 2 fully saturated rings. The molecule has 0 N–H and O–H groups in total. The zero-order valence-electron chi connectivity index (χ0n) is 11.8. The predicted molar refractivity (Wildman–Crippen MR) is 70.4 cm³/mol. The average Bonchev–Trinajstić information content (AvgIpc) is 2.15. The lowest BCUT2D eigenvalue weighted by Gasteiger charge is -2.50. The number of rotatable bonds is 1. The highest BCUT2D eigenvalue weighted by atomic mass is 15.4. The Morgan fingerprint density at radius 1 is 1.00 bits per heavy atom. The number of quaternary nitrogens is 1. The highest BCUT2D eigenvalue weighted by Crippen LogP contribution is 2.42. The van der Waals surface area contributed by atoms with Crippen LogP contribution < -0.4 is 0 Å². The van der Waals surface area contributed by atoms with Crippen LogP contribution in [0.4, 0.5) is 0 Å². The average molecular weight is 224 g/mol. The molecule has 1 saturated carbocycles. The quantitative estimate of drug-likeness (QED) is 0.594. The van der Waals surface area contributed by atoms with Gasteiger partial charge in [-0.05, 0) is 37.0 Å². The zero-order valence-corrected chi connectivity index (χ0v) is 11.8. The van der Waals surface area contributed by atoms with Crippen LogP contribution in [0.1, 0.15) is 59.3 Å². The van der Waals surface area contributed by atoms with Crippen molar-refractivity contribution in [2.24, 2.45) is 11.3 Å². The number of hydrogen-bond donors (Lipinski definition) is 0. The van der Waals surface area contributed by atoms with Crippen molar-refractivity contribution < 1.29 is 4.48 Å². The van der Waals surface area contributed by atoms with E-state index in [1.165, 1.54) is 56.1 Å². The number of piperidine rings is 1. The standard InChI is InChI=1S/C15H30N/c1-13-10-14(12-15(2,3)11-13)16(4)8-6-5-7-9-16/h13-14H,5-12H2,1-4H3/q+1. The molecule has 0 aromatic carbocycles. The summed E-state index contributed by atoms with van der Waals surface area (Å²) in [6, 6.07) is 0.944. The summed E-state index contributed by atoms with van der Waals surface area (Å²) < 4.78 is 1.38. The molecule has 2 rings (SSSR count). The summed E-state index contributed by atoms with van der Waals surface area (Å²) in [6.45, 7) is 10.3. The third-order valence-electron chi connectivity index (χ3n) is 5.08. The first-order valence-corrected chi connectivity index (χ1v) is 7.26. The molecule has 0 aromatic heterocycles. The van der Waals surface area contributed by atoms with E-state index in [1.807, 2.05) is 0 Å². The molecule has 2 aliphatic rings. The third kappa shape index (κ3) is 2.61. The first-order valence-electron chi connectivity index (χ1n) is 7.26. The maximum atomic E-state index is 2.53. The second-order valence-corrected chi connectivity index (χ2v) is 7.55. The van der Waals surface area contributed by atoms with Gasteiger partial charge in [0.1, 0.15) is 0 Å². The lowest BCUT2D eigenvalue weighted by molar-refractivity contribution is -0.940. The molecule has 2 unspecified atom stereocenters. The van der Waals surface area contributed by atoms with Crippen molar-refractivity contribution in [1.29, 1.82) is 0 Å². The van der Waals surface area contributed by atoms with Gasteiger partial charge in [0.05, 0.1) is 26.2 Å². The molecule has 1 heterocycles. The Morgan fingerprint density at radius 2 is 1.62 bits per heavy atom. The summed E-state index contributed by atoms with van der Waals surface area (Å²) in [7, 11) is 2.53. The van der Waals surface area contributed by atoms with Gasteiger partial charge in [-0.25, -0.2) is 0 Å². The van der Waals surface area contributed by atoms with Crippen molar-refractivity contribution in [3.63, 3.8) is 0 Å². The topological polar surface area (TPSA) is 0 Å². The van der Waals surface area contributed by atoms with E-state index >= 15 is 0 Å². The molecule has 94 valence electrons. The van der Waals surface area contributed by atoms with Crippen LogP contribution in [0.15, 0.2) is 0 Å². The molecule has 0 radical (unpaired) electrons. The van der Waals surface area contributed by atoms with Crippen molar-refractivity contribution in [2.45, 2.75) is 65.3 Å². The maximum absolute atomic E-state index is 2.53. The largest absolute Gasteiger partial charge is 0.324 e. The van der Waals surface area contributed by atoms with Crippen molar-refractivity contribution in [1.82, 2.24) is 0 Å². The van der Waals surface area contributed by atoms with E-state index in [9.17, 15) is 0 Å². The van der Waals surface area contributed by atoms with E-state index in [0.29, 0.717) is 5.41 Å². The van der Waals surface area contributed by atoms with Crippen LogP contribution in [0.2, 0.25) is 0 Å². The molecule has 0 spiro atoms. The molecule has 1 saturated heterocycles. The summed E-state index contributed by atoms with van der Waals surface area (Å²) in [5.74, 6) is 0.936. The molecule has 0 aromatic rings. The highest BCUT2D eigenvalue weighted by molar-refractivity contribution is 4.84. The second kappa shape index (κ2) is 4.33. The van der Waals surface area contributed by atoms with Gasteiger partial charge >= 0.3 is 0 Å². The number of nitrogens with zero attached hydrogens (tertiary/aromatic N) is 1. The van der Waals surface area contributed by atoms with Crippen LogP contribution >= 0.6 is 0 Å². The second-order valence-electron chi connectivity index (χ2n) is 7.55. The van der Waals surface area contributed by atoms with Gasteiger partial charge in [0.15, 0.2) is 0 Å². The molecule has 1 aliphatic heterocycles. The van der Waals surface area contributed by atoms with Crippen LogP contribution in [0, 0.1) is 11.3 Å². The Morgan fingerprint density at radius 3 is 2.19 bits per heavy atom. The first-order chi connectivity index (χ1) is 7.41. The van der Waals surface area contributed by atoms with Gasteiger partial charge in [-0.15, -0.1) is 0 Å². The van der Waals surface area contributed by atoms with Crippen LogP contribution in [-0.2, 0) is 0 Å². The molecule has 0 amide bonds. The molecule has 0 bridgehead atoms. The summed E-state index contributed by atoms with van der Waals surface area (Å²) >= 11 is 0. The van der Waals surface area contributed by atoms with Gasteiger partial charge in [-0.3, -0.25) is 0 Å². The fraction of sp³-hybridized carbons (Fsp3) is 1.00. The van der Waals surface area contributed by atoms with Gasteiger partial charge in [0.2, 0.25) is 0 Å². The lowest BCUT2D eigenvalue weighted by atomic mass is 9.69. The normalized spacial score (nSPS) is 38.2. The SMILES string of the molecule is CC1CC([N+]2(C)CCCCC2)CC(C)(C)C1. The van der Waals surface area contributed by atoms with Crippen molar-refractivity contribution in [3.05, 3.63) is 0 Å². The molecule has 1 nitrogen and oxygen atoms in total. The minimum atomic E-state index is 0.584. The minimum absolute atomic E-state index is 0.584. The Kier molecular flexibility index (Phi) is 3.36. The van der Waals surface area contributed by atoms with Crippen LogP contribution in [0.5, 0.6) is 0 Å². The monoisotopic (exact) mass is 224 g/mol. The Labute approximate surface area is 102 Å². The van der Waals surface area contributed by atoms with E-state index in [-0.39, 0.29) is 0 Å². The van der Waals surface area contributed by atoms with Crippen LogP contribution in [0.25, 0.3) is 0 Å². The highest BCUT2D eigenvalue weighted by Gasteiger charge is 2.42. The van der Waals surface area contributed by atoms with E-state index < -0.39 is 0 Å². The van der Waals surface area contributed by atoms with Gasteiger partial charge < -0.3 is 4.48 Å². The number of likely N-dealkylation sites (tertiary alicyclic amines) is 1. The van der Waals surface area contributed by atoms with E-state index in [0.717, 1.165) is 12.0 Å². The minimum Gasteiger partial charge on any atom is -0.324 e. The Balaban J connectivity index is 2.07. The smallest absolute Gasteiger partial charge is 0.0896 e. The zero-order chi connectivity index (χ0) is 11.8. The molecular weight excluding hydrogens is 194 g/mol. The molecule has 2 atom stereocenters. The molecule has 1 heteroatoms. The van der Waals surface area contributed by atoms with Crippen LogP contribution in [-0.4, -0.2) is 30.7 Å². The van der Waals surface area contributed by atoms with Crippen molar-refractivity contribution in [3.8, 4) is 0 Å². The summed E-state index contributed by atoms with van der Waals surface area (Å²) in [5, 5.41) is 0. The third-order valence-corrected chi connectivity index (χ3v) is 5.08. The Hall–Kier alpha value is -0.0400. The molecule has 16 heavy (non-hydrogen) atoms. The van der Waals surface area contributed by atoms with Gasteiger partial charge in [-0.1, -0.05) is 20.8 Å². The first kappa shape index (κ1) is 12.4. The maximum Gasteiger partial charge on any atom is 0.0896 e. The molecule has 1 aliphatic carbocycles. The summed E-state index contributed by atoms with van der Waals surface area (Å²) in [6.07, 6.45) is 8.75. The van der Waals surface area contributed by atoms with Crippen molar-refractivity contribution in [2.75, 3.05) is 20.1 Å². The summed E-state index contributed by atoms with van der Waals surface area (Å²) in [4.78, 5) is 0. The van der Waals surface area contributed by atoms with E-state index in [2.05, 4.69) is 27.8 Å². The fourth-order valence-corrected chi connectivity index (χ4v) is 4.37. The summed E-state index contributed by atoms with van der Waals surface area (Å²) in [5.41, 5.74) is 0.584. The van der Waals surface area contributed by atoms with Crippen molar-refractivity contribution >= 4 is 0 Å². The lowest BCUT2D eigenvalue weighted by Crippen LogP contribution is -2.58. The Bertz CT molecular complexity index is 238. The predicted octanol–water partition coefficient (Wildman–Crippen LogP) is 3.83. The van der Waals surface area contributed by atoms with Crippen LogP contribution in [0.3, 0.4) is 0 Å². The van der Waals surface area contributed by atoms with Gasteiger partial charge in [-0.2, -0.15) is 0 Å². The fourth-order valence-electron chi connectivity index (χ4n) is 4.37. The molecular formula is C15H30N+. The van der Waals surface area contributed by atoms with Gasteiger partial charge in [0.25, 0.3) is 0 Å². The van der Waals surface area contributed by atoms with E-state index in [1.54, 1.807) is 0 Å². The van der Waals surface area contributed by atoms with Gasteiger partial charge in [0, 0.05) is 12.8 Å². The number of hydrogen-bond acceptors (Lipinski definition) is 0.